The lowest BCUT2D eigenvalue weighted by molar-refractivity contribution is -0.156. The van der Waals surface area contributed by atoms with Crippen molar-refractivity contribution >= 4 is 17.6 Å². The predicted molar refractivity (Wildman–Crippen MR) is 77.3 cm³/mol. The molecule has 0 fully saturated rings. The molecule has 0 bridgehead atoms. The summed E-state index contributed by atoms with van der Waals surface area (Å²) in [6.07, 6.45) is -1.53. The average Bonchev–Trinajstić information content (AvgIpc) is 2.56. The number of anilines is 1. The molecule has 0 radical (unpaired) electrons. The van der Waals surface area contributed by atoms with E-state index in [1.54, 1.807) is 18.2 Å². The molecule has 1 atom stereocenters. The van der Waals surface area contributed by atoms with Gasteiger partial charge in [0.2, 0.25) is 0 Å². The highest BCUT2D eigenvalue weighted by molar-refractivity contribution is 5.93. The minimum Gasteiger partial charge on any atom is -0.453 e. The van der Waals surface area contributed by atoms with Gasteiger partial charge in [-0.05, 0) is 17.7 Å². The van der Waals surface area contributed by atoms with Gasteiger partial charge < -0.3 is 15.2 Å². The van der Waals surface area contributed by atoms with Crippen LogP contribution in [-0.2, 0) is 14.3 Å². The van der Waals surface area contributed by atoms with E-state index < -0.39 is 36.2 Å². The van der Waals surface area contributed by atoms with Crippen molar-refractivity contribution in [3.8, 4) is 0 Å². The van der Waals surface area contributed by atoms with Crippen LogP contribution in [0.3, 0.4) is 0 Å². The van der Waals surface area contributed by atoms with Crippen molar-refractivity contribution in [3.05, 3.63) is 65.7 Å². The number of benzene rings is 2. The van der Waals surface area contributed by atoms with Gasteiger partial charge in [-0.25, -0.2) is 13.6 Å². The summed E-state index contributed by atoms with van der Waals surface area (Å²) < 4.78 is 31.0. The van der Waals surface area contributed by atoms with E-state index >= 15 is 0 Å². The van der Waals surface area contributed by atoms with E-state index in [9.17, 15) is 23.5 Å². The summed E-state index contributed by atoms with van der Waals surface area (Å²) in [7, 11) is 0. The molecular weight excluding hydrogens is 308 g/mol. The van der Waals surface area contributed by atoms with Gasteiger partial charge in [0, 0.05) is 6.07 Å². The van der Waals surface area contributed by atoms with Crippen LogP contribution in [0.1, 0.15) is 11.7 Å². The topological polar surface area (TPSA) is 75.6 Å². The fourth-order valence-electron chi connectivity index (χ4n) is 1.77. The lowest BCUT2D eigenvalue weighted by Crippen LogP contribution is -2.24. The molecule has 0 aliphatic heterocycles. The number of ether oxygens (including phenoxy) is 1. The highest BCUT2D eigenvalue weighted by atomic mass is 19.1. The van der Waals surface area contributed by atoms with Crippen molar-refractivity contribution in [2.45, 2.75) is 6.10 Å². The van der Waals surface area contributed by atoms with Crippen molar-refractivity contribution in [1.82, 2.24) is 0 Å². The molecule has 0 unspecified atom stereocenters. The number of aliphatic hydroxyl groups is 1. The molecule has 5 nitrogen and oxygen atoms in total. The van der Waals surface area contributed by atoms with Crippen LogP contribution in [-0.4, -0.2) is 23.6 Å². The van der Waals surface area contributed by atoms with Gasteiger partial charge in [-0.2, -0.15) is 0 Å². The van der Waals surface area contributed by atoms with Crippen molar-refractivity contribution < 1.29 is 28.2 Å². The maximum atomic E-state index is 13.3. The zero-order valence-electron chi connectivity index (χ0n) is 11.8. The second-order valence-corrected chi connectivity index (χ2v) is 4.59. The molecular formula is C16H13F2NO4. The second-order valence-electron chi connectivity index (χ2n) is 4.59. The van der Waals surface area contributed by atoms with E-state index in [0.29, 0.717) is 5.56 Å². The van der Waals surface area contributed by atoms with Gasteiger partial charge in [0.15, 0.2) is 12.7 Å². The smallest absolute Gasteiger partial charge is 0.340 e. The normalized spacial score (nSPS) is 11.6. The van der Waals surface area contributed by atoms with Crippen LogP contribution in [0.2, 0.25) is 0 Å². The van der Waals surface area contributed by atoms with E-state index in [-0.39, 0.29) is 5.69 Å². The molecule has 0 saturated heterocycles. The first-order valence-electron chi connectivity index (χ1n) is 6.62. The number of aliphatic hydroxyl groups excluding tert-OH is 1. The number of hydrogen-bond donors (Lipinski definition) is 2. The van der Waals surface area contributed by atoms with Crippen molar-refractivity contribution in [2.24, 2.45) is 0 Å². The highest BCUT2D eigenvalue weighted by Crippen LogP contribution is 2.16. The van der Waals surface area contributed by atoms with Gasteiger partial charge in [0.05, 0.1) is 5.69 Å². The van der Waals surface area contributed by atoms with Gasteiger partial charge in [-0.3, -0.25) is 4.79 Å². The molecule has 0 aliphatic carbocycles. The highest BCUT2D eigenvalue weighted by Gasteiger charge is 2.20. The monoisotopic (exact) mass is 321 g/mol. The van der Waals surface area contributed by atoms with Gasteiger partial charge in [0.1, 0.15) is 11.6 Å². The summed E-state index contributed by atoms with van der Waals surface area (Å²) in [5.74, 6) is -3.43. The minimum absolute atomic E-state index is 0.314. The standard InChI is InChI=1S/C16H13F2NO4/c17-11-6-7-12(18)13(8-11)19-14(20)9-23-16(22)15(21)10-4-2-1-3-5-10/h1-8,15,21H,9H2,(H,19,20)/t15-/m0/s1. The summed E-state index contributed by atoms with van der Waals surface area (Å²) in [5, 5.41) is 11.8. The summed E-state index contributed by atoms with van der Waals surface area (Å²) in [6.45, 7) is -0.737. The quantitative estimate of drug-likeness (QED) is 0.828. The third-order valence-corrected chi connectivity index (χ3v) is 2.89. The summed E-state index contributed by atoms with van der Waals surface area (Å²) in [6, 6.07) is 10.6. The molecule has 0 aliphatic rings. The Morgan fingerprint density at radius 1 is 1.13 bits per heavy atom. The first-order chi connectivity index (χ1) is 11.0. The maximum Gasteiger partial charge on any atom is 0.340 e. The first kappa shape index (κ1) is 16.6. The van der Waals surface area contributed by atoms with Gasteiger partial charge in [-0.15, -0.1) is 0 Å². The van der Waals surface area contributed by atoms with E-state index in [1.807, 2.05) is 0 Å². The fraction of sp³-hybridized carbons (Fsp3) is 0.125. The zero-order valence-corrected chi connectivity index (χ0v) is 11.8. The fourth-order valence-corrected chi connectivity index (χ4v) is 1.77. The van der Waals surface area contributed by atoms with E-state index in [2.05, 4.69) is 10.1 Å². The first-order valence-corrected chi connectivity index (χ1v) is 6.62. The van der Waals surface area contributed by atoms with Gasteiger partial charge >= 0.3 is 5.97 Å². The van der Waals surface area contributed by atoms with Crippen molar-refractivity contribution in [1.29, 1.82) is 0 Å². The van der Waals surface area contributed by atoms with Crippen LogP contribution in [0.4, 0.5) is 14.5 Å². The summed E-state index contributed by atoms with van der Waals surface area (Å²) in [5.41, 5.74) is -0.0521. The number of carbonyl (C=O) groups is 2. The molecule has 2 aromatic rings. The predicted octanol–water partition coefficient (Wildman–Crippen LogP) is 2.18. The van der Waals surface area contributed by atoms with Gasteiger partial charge in [0.25, 0.3) is 5.91 Å². The maximum absolute atomic E-state index is 13.3. The molecule has 0 aromatic heterocycles. The van der Waals surface area contributed by atoms with Crippen LogP contribution < -0.4 is 5.32 Å². The molecule has 0 saturated carbocycles. The molecule has 7 heteroatoms. The number of rotatable bonds is 5. The minimum atomic E-state index is -1.53. The Labute approximate surface area is 130 Å². The molecule has 120 valence electrons. The SMILES string of the molecule is O=C(COC(=O)[C@@H](O)c1ccccc1)Nc1cc(F)ccc1F. The van der Waals surface area contributed by atoms with Crippen LogP contribution >= 0.6 is 0 Å². The zero-order chi connectivity index (χ0) is 16.8. The van der Waals surface area contributed by atoms with Crippen molar-refractivity contribution in [3.63, 3.8) is 0 Å². The number of carbonyl (C=O) groups excluding carboxylic acids is 2. The summed E-state index contributed by atoms with van der Waals surface area (Å²) >= 11 is 0. The van der Waals surface area contributed by atoms with Crippen molar-refractivity contribution in [2.75, 3.05) is 11.9 Å². The Morgan fingerprint density at radius 2 is 1.83 bits per heavy atom. The van der Waals surface area contributed by atoms with Crippen LogP contribution in [0.25, 0.3) is 0 Å². The number of amides is 1. The van der Waals surface area contributed by atoms with E-state index in [4.69, 9.17) is 0 Å². The van der Waals surface area contributed by atoms with Crippen LogP contribution in [0.15, 0.2) is 48.5 Å². The molecule has 2 N–H and O–H groups in total. The third kappa shape index (κ3) is 4.58. The average molecular weight is 321 g/mol. The lowest BCUT2D eigenvalue weighted by Gasteiger charge is -2.11. The molecule has 2 rings (SSSR count). The molecule has 2 aromatic carbocycles. The molecule has 1 amide bonds. The number of esters is 1. The Hall–Kier alpha value is -2.80. The Balaban J connectivity index is 1.89. The van der Waals surface area contributed by atoms with Gasteiger partial charge in [-0.1, -0.05) is 30.3 Å². The molecule has 0 spiro atoms. The molecule has 0 heterocycles. The van der Waals surface area contributed by atoms with Crippen LogP contribution in [0.5, 0.6) is 0 Å². The lowest BCUT2D eigenvalue weighted by atomic mass is 10.1. The Kier molecular flexibility index (Phi) is 5.37. The Morgan fingerprint density at radius 3 is 2.52 bits per heavy atom. The third-order valence-electron chi connectivity index (χ3n) is 2.89. The Bertz CT molecular complexity index is 706. The number of hydrogen-bond acceptors (Lipinski definition) is 4. The molecule has 23 heavy (non-hydrogen) atoms. The van der Waals surface area contributed by atoms with Crippen LogP contribution in [0, 0.1) is 11.6 Å². The van der Waals surface area contributed by atoms with E-state index in [0.717, 1.165) is 18.2 Å². The summed E-state index contributed by atoms with van der Waals surface area (Å²) in [4.78, 5) is 23.2. The second kappa shape index (κ2) is 7.46. The number of halogens is 2. The largest absolute Gasteiger partial charge is 0.453 e. The van der Waals surface area contributed by atoms with E-state index in [1.165, 1.54) is 12.1 Å². The number of nitrogens with one attached hydrogen (secondary N) is 1.